The van der Waals surface area contributed by atoms with Crippen LogP contribution in [0.1, 0.15) is 23.1 Å². The minimum absolute atomic E-state index is 0.0707. The molecular formula is C26H26ClN3O2. The predicted octanol–water partition coefficient (Wildman–Crippen LogP) is 5.66. The van der Waals surface area contributed by atoms with E-state index in [1.807, 2.05) is 84.6 Å². The fourth-order valence-electron chi connectivity index (χ4n) is 3.97. The van der Waals surface area contributed by atoms with Crippen LogP contribution in [0.4, 0.5) is 16.2 Å². The van der Waals surface area contributed by atoms with Gasteiger partial charge in [0.1, 0.15) is 0 Å². The monoisotopic (exact) mass is 447 g/mol. The molecule has 0 aromatic heterocycles. The number of hydrogen-bond donors (Lipinski definition) is 1. The third kappa shape index (κ3) is 5.29. The summed E-state index contributed by atoms with van der Waals surface area (Å²) in [5.41, 5.74) is 4.33. The van der Waals surface area contributed by atoms with Crippen molar-refractivity contribution in [1.29, 1.82) is 0 Å². The largest absolute Gasteiger partial charge is 0.324 e. The zero-order chi connectivity index (χ0) is 22.5. The van der Waals surface area contributed by atoms with E-state index in [2.05, 4.69) is 5.32 Å². The number of hydrogen-bond acceptors (Lipinski definition) is 2. The summed E-state index contributed by atoms with van der Waals surface area (Å²) in [4.78, 5) is 29.6. The summed E-state index contributed by atoms with van der Waals surface area (Å²) in [6.45, 7) is 3.76. The molecule has 6 heteroatoms. The molecule has 0 atom stereocenters. The molecule has 1 aliphatic heterocycles. The summed E-state index contributed by atoms with van der Waals surface area (Å²) in [6, 6.07) is 22.9. The Balaban J connectivity index is 1.53. The molecule has 0 saturated carbocycles. The average molecular weight is 448 g/mol. The highest BCUT2D eigenvalue weighted by molar-refractivity contribution is 6.30. The second kappa shape index (κ2) is 9.88. The molecular weight excluding hydrogens is 422 g/mol. The molecule has 0 radical (unpaired) electrons. The molecule has 0 spiro atoms. The molecule has 4 rings (SSSR count). The maximum absolute atomic E-state index is 13.3. The molecule has 0 unspecified atom stereocenters. The van der Waals surface area contributed by atoms with Crippen LogP contribution < -0.4 is 10.2 Å². The van der Waals surface area contributed by atoms with Crippen molar-refractivity contribution in [3.05, 3.63) is 94.5 Å². The first kappa shape index (κ1) is 21.9. The number of anilines is 2. The molecule has 1 saturated heterocycles. The SMILES string of the molecule is Cc1ccc(N2CCCN(Cc3cccc(Cl)c3)C2=O)c(NC(=O)Cc2ccccc2)c1. The van der Waals surface area contributed by atoms with Gasteiger partial charge in [0.2, 0.25) is 5.91 Å². The number of halogens is 1. The summed E-state index contributed by atoms with van der Waals surface area (Å²) in [6.07, 6.45) is 1.13. The van der Waals surface area contributed by atoms with Crippen LogP contribution in [-0.2, 0) is 17.8 Å². The van der Waals surface area contributed by atoms with E-state index < -0.39 is 0 Å². The van der Waals surface area contributed by atoms with Crippen LogP contribution in [0.5, 0.6) is 0 Å². The minimum atomic E-state index is -0.108. The lowest BCUT2D eigenvalue weighted by Gasteiger charge is -2.36. The van der Waals surface area contributed by atoms with Gasteiger partial charge in [0, 0.05) is 24.7 Å². The zero-order valence-electron chi connectivity index (χ0n) is 18.1. The van der Waals surface area contributed by atoms with E-state index in [0.717, 1.165) is 28.8 Å². The molecule has 1 heterocycles. The summed E-state index contributed by atoms with van der Waals surface area (Å²) < 4.78 is 0. The molecule has 3 aromatic rings. The Morgan fingerprint density at radius 1 is 0.969 bits per heavy atom. The van der Waals surface area contributed by atoms with Gasteiger partial charge in [0.05, 0.1) is 17.8 Å². The fraction of sp³-hybridized carbons (Fsp3) is 0.231. The molecule has 5 nitrogen and oxygen atoms in total. The van der Waals surface area contributed by atoms with Gasteiger partial charge in [-0.1, -0.05) is 60.1 Å². The Morgan fingerprint density at radius 2 is 1.75 bits per heavy atom. The first-order valence-corrected chi connectivity index (χ1v) is 11.1. The van der Waals surface area contributed by atoms with Crippen molar-refractivity contribution in [2.24, 2.45) is 0 Å². The van der Waals surface area contributed by atoms with Gasteiger partial charge in [0.15, 0.2) is 0 Å². The lowest BCUT2D eigenvalue weighted by atomic mass is 10.1. The molecule has 3 amide bonds. The third-order valence-electron chi connectivity index (χ3n) is 5.50. The molecule has 0 aliphatic carbocycles. The van der Waals surface area contributed by atoms with Gasteiger partial charge in [-0.15, -0.1) is 0 Å². The Bertz CT molecular complexity index is 1120. The highest BCUT2D eigenvalue weighted by Crippen LogP contribution is 2.30. The van der Waals surface area contributed by atoms with Crippen LogP contribution in [0.25, 0.3) is 0 Å². The van der Waals surface area contributed by atoms with Gasteiger partial charge >= 0.3 is 6.03 Å². The standard InChI is InChI=1S/C26H26ClN3O2/c1-19-11-12-24(23(15-19)28-25(31)17-20-7-3-2-4-8-20)30-14-6-13-29(26(30)32)18-21-9-5-10-22(27)16-21/h2-5,7-12,15-16H,6,13-14,17-18H2,1H3,(H,28,31). The van der Waals surface area contributed by atoms with Crippen LogP contribution in [0, 0.1) is 6.92 Å². The number of amides is 3. The van der Waals surface area contributed by atoms with Gasteiger partial charge in [-0.25, -0.2) is 4.79 Å². The fourth-order valence-corrected chi connectivity index (χ4v) is 4.18. The first-order valence-electron chi connectivity index (χ1n) is 10.7. The Morgan fingerprint density at radius 3 is 2.53 bits per heavy atom. The number of carbonyl (C=O) groups is 2. The van der Waals surface area contributed by atoms with Gasteiger partial charge in [-0.2, -0.15) is 0 Å². The second-order valence-corrected chi connectivity index (χ2v) is 8.51. The molecule has 0 bridgehead atoms. The Kier molecular flexibility index (Phi) is 6.76. The van der Waals surface area contributed by atoms with E-state index in [-0.39, 0.29) is 18.4 Å². The number of urea groups is 1. The van der Waals surface area contributed by atoms with Crippen LogP contribution in [0.3, 0.4) is 0 Å². The lowest BCUT2D eigenvalue weighted by Crippen LogP contribution is -2.49. The third-order valence-corrected chi connectivity index (χ3v) is 5.73. The first-order chi connectivity index (χ1) is 15.5. The number of aryl methyl sites for hydroxylation is 1. The van der Waals surface area contributed by atoms with Crippen molar-refractivity contribution in [2.45, 2.75) is 26.3 Å². The highest BCUT2D eigenvalue weighted by atomic mass is 35.5. The van der Waals surface area contributed by atoms with Crippen molar-refractivity contribution in [2.75, 3.05) is 23.3 Å². The van der Waals surface area contributed by atoms with Crippen molar-refractivity contribution in [1.82, 2.24) is 4.90 Å². The lowest BCUT2D eigenvalue weighted by molar-refractivity contribution is -0.115. The van der Waals surface area contributed by atoms with Crippen LogP contribution in [0.15, 0.2) is 72.8 Å². The average Bonchev–Trinajstić information content (AvgIpc) is 2.76. The van der Waals surface area contributed by atoms with Crippen molar-refractivity contribution >= 4 is 34.9 Å². The van der Waals surface area contributed by atoms with Gasteiger partial charge < -0.3 is 10.2 Å². The molecule has 32 heavy (non-hydrogen) atoms. The second-order valence-electron chi connectivity index (χ2n) is 8.07. The highest BCUT2D eigenvalue weighted by Gasteiger charge is 2.28. The summed E-state index contributed by atoms with van der Waals surface area (Å²) in [5.74, 6) is -0.108. The molecule has 1 N–H and O–H groups in total. The van der Waals surface area contributed by atoms with Gasteiger partial charge in [-0.05, 0) is 54.3 Å². The maximum Gasteiger partial charge on any atom is 0.324 e. The molecule has 3 aromatic carbocycles. The number of nitrogens with zero attached hydrogens (tertiary/aromatic N) is 2. The number of carbonyl (C=O) groups excluding carboxylic acids is 2. The van der Waals surface area contributed by atoms with E-state index in [4.69, 9.17) is 11.6 Å². The predicted molar refractivity (Wildman–Crippen MR) is 129 cm³/mol. The van der Waals surface area contributed by atoms with Crippen molar-refractivity contribution < 1.29 is 9.59 Å². The maximum atomic E-state index is 13.3. The minimum Gasteiger partial charge on any atom is -0.324 e. The summed E-state index contributed by atoms with van der Waals surface area (Å²) >= 11 is 6.11. The summed E-state index contributed by atoms with van der Waals surface area (Å²) in [7, 11) is 0. The van der Waals surface area contributed by atoms with Crippen LogP contribution in [-0.4, -0.2) is 29.9 Å². The van der Waals surface area contributed by atoms with Crippen LogP contribution >= 0.6 is 11.6 Å². The molecule has 1 fully saturated rings. The van der Waals surface area contributed by atoms with Gasteiger partial charge in [0.25, 0.3) is 0 Å². The van der Waals surface area contributed by atoms with E-state index in [0.29, 0.717) is 30.3 Å². The van der Waals surface area contributed by atoms with Crippen molar-refractivity contribution in [3.63, 3.8) is 0 Å². The van der Waals surface area contributed by atoms with Gasteiger partial charge in [-0.3, -0.25) is 9.69 Å². The normalized spacial score (nSPS) is 13.9. The zero-order valence-corrected chi connectivity index (χ0v) is 18.8. The molecule has 1 aliphatic rings. The van der Waals surface area contributed by atoms with E-state index in [1.165, 1.54) is 0 Å². The topological polar surface area (TPSA) is 52.6 Å². The van der Waals surface area contributed by atoms with Crippen molar-refractivity contribution in [3.8, 4) is 0 Å². The molecule has 164 valence electrons. The van der Waals surface area contributed by atoms with E-state index >= 15 is 0 Å². The smallest absolute Gasteiger partial charge is 0.324 e. The Labute approximate surface area is 193 Å². The number of benzene rings is 3. The van der Waals surface area contributed by atoms with E-state index in [1.54, 1.807) is 4.90 Å². The number of nitrogens with one attached hydrogen (secondary N) is 1. The summed E-state index contributed by atoms with van der Waals surface area (Å²) in [5, 5.41) is 3.68. The number of rotatable bonds is 6. The quantitative estimate of drug-likeness (QED) is 0.530. The Hall–Kier alpha value is -3.31. The van der Waals surface area contributed by atoms with E-state index in [9.17, 15) is 9.59 Å². The van der Waals surface area contributed by atoms with Crippen LogP contribution in [0.2, 0.25) is 5.02 Å².